The summed E-state index contributed by atoms with van der Waals surface area (Å²) in [6, 6.07) is 0.519. The Labute approximate surface area is 89.5 Å². The smallest absolute Gasteiger partial charge is 0.0950 e. The van der Waals surface area contributed by atoms with Gasteiger partial charge in [0.15, 0.2) is 0 Å². The van der Waals surface area contributed by atoms with E-state index in [0.717, 1.165) is 19.4 Å². The third-order valence-corrected chi connectivity index (χ3v) is 3.20. The number of likely N-dealkylation sites (N-methyl/N-ethyl adjacent to an activating group) is 1. The van der Waals surface area contributed by atoms with E-state index in [1.807, 2.05) is 13.2 Å². The Kier molecular flexibility index (Phi) is 5.07. The Balaban J connectivity index is 2.42. The van der Waals surface area contributed by atoms with Crippen LogP contribution in [0.1, 0.15) is 16.8 Å². The molecule has 0 aliphatic heterocycles. The van der Waals surface area contributed by atoms with Crippen LogP contribution >= 0.6 is 11.3 Å². The number of hydrogen-bond donors (Lipinski definition) is 1. The van der Waals surface area contributed by atoms with Crippen LogP contribution in [0.15, 0.2) is 6.20 Å². The van der Waals surface area contributed by atoms with Gasteiger partial charge in [-0.2, -0.15) is 0 Å². The van der Waals surface area contributed by atoms with Gasteiger partial charge in [-0.3, -0.25) is 0 Å². The van der Waals surface area contributed by atoms with E-state index in [0.29, 0.717) is 6.04 Å². The molecule has 1 aromatic heterocycles. The standard InChI is InChI=1S/C10H18N2OS/c1-8(11-2)6-9-7-12-10(14-9)4-5-13-3/h7-8,11H,4-6H2,1-3H3. The maximum absolute atomic E-state index is 5.01. The van der Waals surface area contributed by atoms with Gasteiger partial charge in [0.25, 0.3) is 0 Å². The molecule has 0 bridgehead atoms. The summed E-state index contributed by atoms with van der Waals surface area (Å²) in [6.45, 7) is 2.93. The topological polar surface area (TPSA) is 34.2 Å². The quantitative estimate of drug-likeness (QED) is 0.779. The molecular formula is C10H18N2OS. The van der Waals surface area contributed by atoms with E-state index >= 15 is 0 Å². The van der Waals surface area contributed by atoms with Gasteiger partial charge in [0.1, 0.15) is 0 Å². The normalized spacial score (nSPS) is 13.1. The predicted octanol–water partition coefficient (Wildman–Crippen LogP) is 1.48. The highest BCUT2D eigenvalue weighted by atomic mass is 32.1. The Morgan fingerprint density at radius 2 is 2.43 bits per heavy atom. The van der Waals surface area contributed by atoms with Gasteiger partial charge in [-0.25, -0.2) is 4.98 Å². The number of ether oxygens (including phenoxy) is 1. The Morgan fingerprint density at radius 1 is 1.64 bits per heavy atom. The van der Waals surface area contributed by atoms with Gasteiger partial charge in [0.2, 0.25) is 0 Å². The van der Waals surface area contributed by atoms with Gasteiger partial charge in [-0.1, -0.05) is 0 Å². The number of thiazole rings is 1. The molecule has 0 aromatic carbocycles. The number of methoxy groups -OCH3 is 1. The molecule has 3 nitrogen and oxygen atoms in total. The first-order valence-corrected chi connectivity index (χ1v) is 5.67. The van der Waals surface area contributed by atoms with Crippen LogP contribution in [0.2, 0.25) is 0 Å². The summed E-state index contributed by atoms with van der Waals surface area (Å²) in [5.41, 5.74) is 0. The minimum Gasteiger partial charge on any atom is -0.384 e. The van der Waals surface area contributed by atoms with Crippen LogP contribution in [0, 0.1) is 0 Å². The second-order valence-corrected chi connectivity index (χ2v) is 4.56. The monoisotopic (exact) mass is 214 g/mol. The summed E-state index contributed by atoms with van der Waals surface area (Å²) in [5.74, 6) is 0. The van der Waals surface area contributed by atoms with Crippen LogP contribution in [-0.4, -0.2) is 31.8 Å². The van der Waals surface area contributed by atoms with Crippen LogP contribution in [0.5, 0.6) is 0 Å². The average molecular weight is 214 g/mol. The molecule has 1 aromatic rings. The van der Waals surface area contributed by atoms with Gasteiger partial charge in [-0.05, 0) is 20.4 Å². The van der Waals surface area contributed by atoms with Crippen LogP contribution < -0.4 is 5.32 Å². The maximum Gasteiger partial charge on any atom is 0.0950 e. The lowest BCUT2D eigenvalue weighted by atomic mass is 10.2. The van der Waals surface area contributed by atoms with E-state index in [1.165, 1.54) is 9.88 Å². The van der Waals surface area contributed by atoms with Gasteiger partial charge in [0.05, 0.1) is 11.6 Å². The number of rotatable bonds is 6. The van der Waals surface area contributed by atoms with E-state index in [1.54, 1.807) is 18.4 Å². The highest BCUT2D eigenvalue weighted by Crippen LogP contribution is 2.15. The van der Waals surface area contributed by atoms with Crippen LogP contribution in [0.25, 0.3) is 0 Å². The summed E-state index contributed by atoms with van der Waals surface area (Å²) in [5, 5.41) is 4.39. The van der Waals surface area contributed by atoms with Crippen molar-refractivity contribution in [2.75, 3.05) is 20.8 Å². The van der Waals surface area contributed by atoms with Crippen molar-refractivity contribution in [3.8, 4) is 0 Å². The Bertz CT molecular complexity index is 262. The second kappa shape index (κ2) is 6.11. The van der Waals surface area contributed by atoms with E-state index in [-0.39, 0.29) is 0 Å². The molecule has 4 heteroatoms. The van der Waals surface area contributed by atoms with Crippen LogP contribution in [-0.2, 0) is 17.6 Å². The lowest BCUT2D eigenvalue weighted by Crippen LogP contribution is -2.22. The van der Waals surface area contributed by atoms with Crippen molar-refractivity contribution in [3.05, 3.63) is 16.1 Å². The van der Waals surface area contributed by atoms with Gasteiger partial charge in [-0.15, -0.1) is 11.3 Å². The first-order chi connectivity index (χ1) is 6.76. The van der Waals surface area contributed by atoms with Crippen LogP contribution in [0.4, 0.5) is 0 Å². The zero-order valence-electron chi connectivity index (χ0n) is 9.04. The molecule has 80 valence electrons. The number of hydrogen-bond acceptors (Lipinski definition) is 4. The second-order valence-electron chi connectivity index (χ2n) is 3.36. The van der Waals surface area contributed by atoms with E-state index in [2.05, 4.69) is 17.2 Å². The van der Waals surface area contributed by atoms with Gasteiger partial charge >= 0.3 is 0 Å². The molecule has 1 unspecified atom stereocenters. The lowest BCUT2D eigenvalue weighted by molar-refractivity contribution is 0.202. The molecule has 14 heavy (non-hydrogen) atoms. The summed E-state index contributed by atoms with van der Waals surface area (Å²) >= 11 is 1.79. The molecular weight excluding hydrogens is 196 g/mol. The highest BCUT2D eigenvalue weighted by molar-refractivity contribution is 7.11. The third-order valence-electron chi connectivity index (χ3n) is 2.12. The fraction of sp³-hybridized carbons (Fsp3) is 0.700. The van der Waals surface area contributed by atoms with Gasteiger partial charge in [0, 0.05) is 30.6 Å². The minimum atomic E-state index is 0.519. The van der Waals surface area contributed by atoms with Crippen molar-refractivity contribution >= 4 is 11.3 Å². The largest absolute Gasteiger partial charge is 0.384 e. The molecule has 0 radical (unpaired) electrons. The minimum absolute atomic E-state index is 0.519. The van der Waals surface area contributed by atoms with Crippen molar-refractivity contribution in [2.45, 2.75) is 25.8 Å². The first-order valence-electron chi connectivity index (χ1n) is 4.86. The first kappa shape index (κ1) is 11.6. The van der Waals surface area contributed by atoms with E-state index in [4.69, 9.17) is 4.74 Å². The fourth-order valence-electron chi connectivity index (χ4n) is 1.15. The molecule has 0 fully saturated rings. The summed E-state index contributed by atoms with van der Waals surface area (Å²) in [7, 11) is 3.70. The number of aromatic nitrogens is 1. The zero-order chi connectivity index (χ0) is 10.4. The Morgan fingerprint density at radius 3 is 3.07 bits per heavy atom. The molecule has 0 aliphatic carbocycles. The van der Waals surface area contributed by atoms with Crippen molar-refractivity contribution in [2.24, 2.45) is 0 Å². The van der Waals surface area contributed by atoms with Gasteiger partial charge < -0.3 is 10.1 Å². The predicted molar refractivity (Wildman–Crippen MR) is 59.9 cm³/mol. The summed E-state index contributed by atoms with van der Waals surface area (Å²) in [4.78, 5) is 5.70. The summed E-state index contributed by atoms with van der Waals surface area (Å²) in [6.07, 6.45) is 3.96. The van der Waals surface area contributed by atoms with Crippen molar-refractivity contribution in [3.63, 3.8) is 0 Å². The molecule has 0 saturated carbocycles. The lowest BCUT2D eigenvalue weighted by Gasteiger charge is -2.06. The van der Waals surface area contributed by atoms with E-state index in [9.17, 15) is 0 Å². The molecule has 1 heterocycles. The zero-order valence-corrected chi connectivity index (χ0v) is 9.86. The molecule has 0 aliphatic rings. The number of nitrogens with one attached hydrogen (secondary N) is 1. The fourth-order valence-corrected chi connectivity index (χ4v) is 2.18. The van der Waals surface area contributed by atoms with Crippen molar-refractivity contribution < 1.29 is 4.74 Å². The summed E-state index contributed by atoms with van der Waals surface area (Å²) < 4.78 is 5.01. The molecule has 0 spiro atoms. The molecule has 1 N–H and O–H groups in total. The Hall–Kier alpha value is -0.450. The number of nitrogens with zero attached hydrogens (tertiary/aromatic N) is 1. The molecule has 1 atom stereocenters. The molecule has 0 amide bonds. The SMILES string of the molecule is CNC(C)Cc1cnc(CCOC)s1. The maximum atomic E-state index is 5.01. The van der Waals surface area contributed by atoms with Crippen molar-refractivity contribution in [1.82, 2.24) is 10.3 Å². The molecule has 1 rings (SSSR count). The average Bonchev–Trinajstić information content (AvgIpc) is 2.62. The van der Waals surface area contributed by atoms with Crippen molar-refractivity contribution in [1.29, 1.82) is 0 Å². The molecule has 0 saturated heterocycles. The van der Waals surface area contributed by atoms with E-state index < -0.39 is 0 Å². The highest BCUT2D eigenvalue weighted by Gasteiger charge is 2.05. The van der Waals surface area contributed by atoms with Crippen LogP contribution in [0.3, 0.4) is 0 Å². The third kappa shape index (κ3) is 3.74.